The van der Waals surface area contributed by atoms with Crippen molar-refractivity contribution >= 4 is 29.1 Å². The molecule has 0 aromatic heterocycles. The Bertz CT molecular complexity index is 1020. The smallest absolute Gasteiger partial charge is 0.311 e. The minimum absolute atomic E-state index is 0.0126. The van der Waals surface area contributed by atoms with E-state index in [4.69, 9.17) is 21.1 Å². The Morgan fingerprint density at radius 3 is 2.48 bits per heavy atom. The normalized spacial score (nSPS) is 11.9. The Labute approximate surface area is 197 Å². The van der Waals surface area contributed by atoms with E-state index in [2.05, 4.69) is 5.32 Å². The van der Waals surface area contributed by atoms with Gasteiger partial charge in [0, 0.05) is 29.2 Å². The summed E-state index contributed by atoms with van der Waals surface area (Å²) in [4.78, 5) is 37.7. The SMILES string of the molecule is COc1cc(OCC(=O)N(Cc2cccc(Cl)c2)C(C)C(=O)NC(C)(C)C)ccc1[N+](=O)[O-]. The quantitative estimate of drug-likeness (QED) is 0.432. The van der Waals surface area contributed by atoms with Crippen LogP contribution in [0.2, 0.25) is 5.02 Å². The van der Waals surface area contributed by atoms with Gasteiger partial charge in [-0.2, -0.15) is 0 Å². The molecule has 0 aliphatic heterocycles. The number of methoxy groups -OCH3 is 1. The maximum atomic E-state index is 13.1. The van der Waals surface area contributed by atoms with E-state index < -0.39 is 22.4 Å². The molecule has 1 atom stereocenters. The second-order valence-corrected chi connectivity index (χ2v) is 8.88. The lowest BCUT2D eigenvalue weighted by Gasteiger charge is -2.31. The lowest BCUT2D eigenvalue weighted by Crippen LogP contribution is -2.53. The highest BCUT2D eigenvalue weighted by Gasteiger charge is 2.29. The maximum absolute atomic E-state index is 13.1. The van der Waals surface area contributed by atoms with Crippen molar-refractivity contribution in [2.24, 2.45) is 0 Å². The van der Waals surface area contributed by atoms with Gasteiger partial charge in [0.05, 0.1) is 12.0 Å². The molecular weight excluding hydrogens is 450 g/mol. The predicted octanol–water partition coefficient (Wildman–Crippen LogP) is 3.97. The Kier molecular flexibility index (Phi) is 8.64. The predicted molar refractivity (Wildman–Crippen MR) is 125 cm³/mol. The number of hydrogen-bond donors (Lipinski definition) is 1. The summed E-state index contributed by atoms with van der Waals surface area (Å²) in [5.41, 5.74) is 0.0663. The summed E-state index contributed by atoms with van der Waals surface area (Å²) >= 11 is 6.07. The van der Waals surface area contributed by atoms with Gasteiger partial charge in [-0.3, -0.25) is 19.7 Å². The third kappa shape index (κ3) is 7.64. The molecular formula is C23H28ClN3O6. The van der Waals surface area contributed by atoms with Gasteiger partial charge in [0.25, 0.3) is 5.91 Å². The third-order valence-electron chi connectivity index (χ3n) is 4.62. The molecule has 0 saturated heterocycles. The van der Waals surface area contributed by atoms with Gasteiger partial charge >= 0.3 is 5.69 Å². The van der Waals surface area contributed by atoms with Crippen molar-refractivity contribution in [1.29, 1.82) is 0 Å². The van der Waals surface area contributed by atoms with Crippen LogP contribution in [0.25, 0.3) is 0 Å². The van der Waals surface area contributed by atoms with Crippen molar-refractivity contribution in [3.05, 3.63) is 63.2 Å². The molecule has 0 fully saturated rings. The summed E-state index contributed by atoms with van der Waals surface area (Å²) in [5.74, 6) is -0.516. The van der Waals surface area contributed by atoms with Crippen LogP contribution in [0.5, 0.6) is 11.5 Å². The first-order chi connectivity index (χ1) is 15.4. The van der Waals surface area contributed by atoms with Gasteiger partial charge in [0.1, 0.15) is 11.8 Å². The number of benzene rings is 2. The van der Waals surface area contributed by atoms with Gasteiger partial charge < -0.3 is 19.7 Å². The molecule has 0 aliphatic rings. The second-order valence-electron chi connectivity index (χ2n) is 8.45. The molecule has 1 N–H and O–H groups in total. The van der Waals surface area contributed by atoms with Crippen LogP contribution in [-0.2, 0) is 16.1 Å². The molecule has 0 heterocycles. The summed E-state index contributed by atoms with van der Waals surface area (Å²) in [6, 6.07) is 10.2. The number of nitrogens with one attached hydrogen (secondary N) is 1. The monoisotopic (exact) mass is 477 g/mol. The molecule has 178 valence electrons. The molecule has 1 unspecified atom stereocenters. The van der Waals surface area contributed by atoms with Crippen molar-refractivity contribution in [3.63, 3.8) is 0 Å². The summed E-state index contributed by atoms with van der Waals surface area (Å²) in [6.45, 7) is 6.96. The highest BCUT2D eigenvalue weighted by Crippen LogP contribution is 2.30. The highest BCUT2D eigenvalue weighted by atomic mass is 35.5. The Morgan fingerprint density at radius 1 is 1.21 bits per heavy atom. The van der Waals surface area contributed by atoms with Crippen LogP contribution in [0, 0.1) is 10.1 Å². The molecule has 0 spiro atoms. The molecule has 10 heteroatoms. The Balaban J connectivity index is 2.22. The van der Waals surface area contributed by atoms with E-state index in [1.54, 1.807) is 25.1 Å². The average Bonchev–Trinajstić information content (AvgIpc) is 2.73. The minimum Gasteiger partial charge on any atom is -0.490 e. The Morgan fingerprint density at radius 2 is 1.91 bits per heavy atom. The van der Waals surface area contributed by atoms with Gasteiger partial charge in [-0.15, -0.1) is 0 Å². The number of halogens is 1. The molecule has 0 saturated carbocycles. The standard InChI is InChI=1S/C23H28ClN3O6/c1-15(22(29)25-23(2,3)4)26(13-16-7-6-8-17(24)11-16)21(28)14-33-18-9-10-19(27(30)31)20(12-18)32-5/h6-12,15H,13-14H2,1-5H3,(H,25,29). The zero-order chi connectivity index (χ0) is 24.8. The van der Waals surface area contributed by atoms with Gasteiger partial charge in [-0.25, -0.2) is 0 Å². The number of hydrogen-bond acceptors (Lipinski definition) is 6. The van der Waals surface area contributed by atoms with Crippen molar-refractivity contribution < 1.29 is 24.0 Å². The minimum atomic E-state index is -0.786. The second kappa shape index (κ2) is 11.0. The fourth-order valence-corrected chi connectivity index (χ4v) is 3.23. The molecule has 0 bridgehead atoms. The van der Waals surface area contributed by atoms with Crippen LogP contribution in [0.1, 0.15) is 33.3 Å². The number of carbonyl (C=O) groups is 2. The highest BCUT2D eigenvalue weighted by molar-refractivity contribution is 6.30. The van der Waals surface area contributed by atoms with E-state index in [-0.39, 0.29) is 36.2 Å². The van der Waals surface area contributed by atoms with Crippen molar-refractivity contribution in [3.8, 4) is 11.5 Å². The first-order valence-electron chi connectivity index (χ1n) is 10.2. The summed E-state index contributed by atoms with van der Waals surface area (Å²) in [6.07, 6.45) is 0. The van der Waals surface area contributed by atoms with Gasteiger partial charge in [0.15, 0.2) is 6.61 Å². The number of rotatable bonds is 9. The van der Waals surface area contributed by atoms with E-state index in [1.165, 1.54) is 30.2 Å². The molecule has 0 aliphatic carbocycles. The summed E-state index contributed by atoms with van der Waals surface area (Å²) < 4.78 is 10.6. The van der Waals surface area contributed by atoms with Crippen LogP contribution >= 0.6 is 11.6 Å². The van der Waals surface area contributed by atoms with E-state index in [1.807, 2.05) is 26.8 Å². The van der Waals surface area contributed by atoms with Crippen LogP contribution in [0.3, 0.4) is 0 Å². The average molecular weight is 478 g/mol. The van der Waals surface area contributed by atoms with E-state index in [9.17, 15) is 19.7 Å². The fourth-order valence-electron chi connectivity index (χ4n) is 3.02. The van der Waals surface area contributed by atoms with Crippen LogP contribution in [-0.4, -0.2) is 46.9 Å². The van der Waals surface area contributed by atoms with E-state index in [0.717, 1.165) is 5.56 Å². The van der Waals surface area contributed by atoms with Crippen LogP contribution < -0.4 is 14.8 Å². The maximum Gasteiger partial charge on any atom is 0.311 e. The summed E-state index contributed by atoms with van der Waals surface area (Å²) in [7, 11) is 1.31. The molecule has 0 radical (unpaired) electrons. The third-order valence-corrected chi connectivity index (χ3v) is 4.85. The van der Waals surface area contributed by atoms with Crippen molar-refractivity contribution in [1.82, 2.24) is 10.2 Å². The van der Waals surface area contributed by atoms with Crippen LogP contribution in [0.15, 0.2) is 42.5 Å². The largest absolute Gasteiger partial charge is 0.490 e. The van der Waals surface area contributed by atoms with Crippen molar-refractivity contribution in [2.45, 2.75) is 45.8 Å². The molecule has 2 amide bonds. The summed E-state index contributed by atoms with van der Waals surface area (Å²) in [5, 5.41) is 14.5. The number of nitro benzene ring substituents is 1. The first-order valence-corrected chi connectivity index (χ1v) is 10.6. The van der Waals surface area contributed by atoms with Crippen molar-refractivity contribution in [2.75, 3.05) is 13.7 Å². The van der Waals surface area contributed by atoms with E-state index >= 15 is 0 Å². The number of ether oxygens (including phenoxy) is 2. The lowest BCUT2D eigenvalue weighted by molar-refractivity contribution is -0.385. The first kappa shape index (κ1) is 25.9. The molecule has 33 heavy (non-hydrogen) atoms. The zero-order valence-corrected chi connectivity index (χ0v) is 20.0. The number of nitrogens with zero attached hydrogens (tertiary/aromatic N) is 2. The topological polar surface area (TPSA) is 111 Å². The molecule has 9 nitrogen and oxygen atoms in total. The molecule has 2 aromatic rings. The Hall–Kier alpha value is -3.33. The van der Waals surface area contributed by atoms with Crippen LogP contribution in [0.4, 0.5) is 5.69 Å². The number of amides is 2. The van der Waals surface area contributed by atoms with E-state index in [0.29, 0.717) is 5.02 Å². The van der Waals surface area contributed by atoms with Gasteiger partial charge in [0.2, 0.25) is 11.7 Å². The van der Waals surface area contributed by atoms with Gasteiger partial charge in [-0.05, 0) is 51.5 Å². The number of carbonyl (C=O) groups excluding carboxylic acids is 2. The lowest BCUT2D eigenvalue weighted by atomic mass is 10.1. The molecule has 2 rings (SSSR count). The fraction of sp³-hybridized carbons (Fsp3) is 0.391. The van der Waals surface area contributed by atoms with Gasteiger partial charge in [-0.1, -0.05) is 23.7 Å². The molecule has 2 aromatic carbocycles. The zero-order valence-electron chi connectivity index (χ0n) is 19.3. The number of nitro groups is 1.